The summed E-state index contributed by atoms with van der Waals surface area (Å²) in [6.07, 6.45) is 0. The van der Waals surface area contributed by atoms with Crippen molar-refractivity contribution in [2.45, 2.75) is 26.6 Å². The van der Waals surface area contributed by atoms with E-state index in [1.807, 2.05) is 65.6 Å². The Hall–Kier alpha value is -3.83. The molecule has 3 aromatic carbocycles. The molecule has 0 bridgehead atoms. The maximum atomic E-state index is 14.2. The molecule has 5 heteroatoms. The fourth-order valence-electron chi connectivity index (χ4n) is 4.40. The topological polar surface area (TPSA) is 34.5 Å². The summed E-state index contributed by atoms with van der Waals surface area (Å²) in [5.41, 5.74) is 6.39. The summed E-state index contributed by atoms with van der Waals surface area (Å²) in [5.74, 6) is 0.839. The van der Waals surface area contributed by atoms with E-state index in [0.717, 1.165) is 32.8 Å². The van der Waals surface area contributed by atoms with Gasteiger partial charge in [0.15, 0.2) is 0 Å². The molecule has 2 heterocycles. The monoisotopic (exact) mass is 480 g/mol. The normalized spacial score (nSPS) is 11.0. The number of aryl methyl sites for hydroxylation is 1. The van der Waals surface area contributed by atoms with E-state index in [0.29, 0.717) is 19.6 Å². The number of aromatic nitrogens is 1. The first-order valence-corrected chi connectivity index (χ1v) is 12.6. The van der Waals surface area contributed by atoms with E-state index in [9.17, 15) is 4.79 Å². The molecular weight excluding hydrogens is 452 g/mol. The lowest BCUT2D eigenvalue weighted by Gasteiger charge is -2.25. The van der Waals surface area contributed by atoms with Crippen LogP contribution in [-0.4, -0.2) is 22.5 Å². The molecule has 5 aromatic rings. The molecule has 2 aromatic heterocycles. The summed E-state index contributed by atoms with van der Waals surface area (Å²) in [4.78, 5) is 16.1. The third-order valence-corrected chi connectivity index (χ3v) is 7.22. The predicted octanol–water partition coefficient (Wildman–Crippen LogP) is 6.91. The Bertz CT molecular complexity index is 1430. The van der Waals surface area contributed by atoms with Gasteiger partial charge in [-0.25, -0.2) is 0 Å². The van der Waals surface area contributed by atoms with Crippen molar-refractivity contribution < 1.29 is 9.53 Å². The van der Waals surface area contributed by atoms with Crippen LogP contribution in [0.15, 0.2) is 96.4 Å². The summed E-state index contributed by atoms with van der Waals surface area (Å²) in [6.45, 7) is 3.81. The zero-order valence-corrected chi connectivity index (χ0v) is 20.8. The number of amides is 1. The number of fused-ring (bicyclic) bond motifs is 1. The van der Waals surface area contributed by atoms with E-state index in [1.54, 1.807) is 18.4 Å². The van der Waals surface area contributed by atoms with E-state index in [1.165, 1.54) is 11.1 Å². The first kappa shape index (κ1) is 22.9. The van der Waals surface area contributed by atoms with Crippen LogP contribution in [0.2, 0.25) is 0 Å². The molecular formula is C30H28N2O2S. The van der Waals surface area contributed by atoms with Gasteiger partial charge in [0.1, 0.15) is 11.4 Å². The fraction of sp³-hybridized carbons (Fsp3) is 0.167. The van der Waals surface area contributed by atoms with E-state index in [-0.39, 0.29) is 5.91 Å². The van der Waals surface area contributed by atoms with Gasteiger partial charge < -0.3 is 14.2 Å². The van der Waals surface area contributed by atoms with E-state index < -0.39 is 0 Å². The fourth-order valence-corrected chi connectivity index (χ4v) is 5.22. The smallest absolute Gasteiger partial charge is 0.271 e. The summed E-state index contributed by atoms with van der Waals surface area (Å²) in [7, 11) is 1.66. The number of rotatable bonds is 8. The number of carbonyl (C=O) groups excluding carboxylic acids is 1. The molecule has 0 saturated carbocycles. The van der Waals surface area contributed by atoms with Crippen LogP contribution in [0.1, 0.15) is 32.7 Å². The van der Waals surface area contributed by atoms with Crippen LogP contribution in [0.25, 0.3) is 10.2 Å². The van der Waals surface area contributed by atoms with E-state index >= 15 is 0 Å². The molecule has 5 rings (SSSR count). The van der Waals surface area contributed by atoms with Crippen molar-refractivity contribution >= 4 is 27.5 Å². The minimum Gasteiger partial charge on any atom is -0.497 e. The first-order valence-electron chi connectivity index (χ1n) is 11.7. The van der Waals surface area contributed by atoms with Crippen LogP contribution in [0.4, 0.5) is 0 Å². The van der Waals surface area contributed by atoms with Crippen LogP contribution in [0.3, 0.4) is 0 Å². The molecule has 1 amide bonds. The highest BCUT2D eigenvalue weighted by atomic mass is 32.1. The third-order valence-electron chi connectivity index (χ3n) is 6.37. The van der Waals surface area contributed by atoms with Gasteiger partial charge in [-0.2, -0.15) is 0 Å². The highest BCUT2D eigenvalue weighted by Gasteiger charge is 2.23. The molecule has 35 heavy (non-hydrogen) atoms. The maximum Gasteiger partial charge on any atom is 0.271 e. The molecule has 0 aliphatic heterocycles. The SMILES string of the molecule is COc1ccc(CN(Cc2ccccc2C)C(=O)c2cc3sccc3n2Cc2ccccc2)cc1. The molecule has 0 aliphatic rings. The molecule has 0 unspecified atom stereocenters. The molecule has 0 atom stereocenters. The largest absolute Gasteiger partial charge is 0.497 e. The maximum absolute atomic E-state index is 14.2. The Labute approximate surface area is 210 Å². The number of ether oxygens (including phenoxy) is 1. The predicted molar refractivity (Wildman–Crippen MR) is 143 cm³/mol. The third kappa shape index (κ3) is 5.00. The lowest BCUT2D eigenvalue weighted by Crippen LogP contribution is -2.32. The van der Waals surface area contributed by atoms with Gasteiger partial charge in [-0.05, 0) is 58.8 Å². The van der Waals surface area contributed by atoms with Gasteiger partial charge in [0.25, 0.3) is 5.91 Å². The number of hydrogen-bond acceptors (Lipinski definition) is 3. The lowest BCUT2D eigenvalue weighted by atomic mass is 10.1. The zero-order valence-electron chi connectivity index (χ0n) is 20.0. The molecule has 0 spiro atoms. The molecule has 0 radical (unpaired) electrons. The average Bonchev–Trinajstić information content (AvgIpc) is 3.48. The number of carbonyl (C=O) groups is 1. The van der Waals surface area contributed by atoms with E-state index in [4.69, 9.17) is 4.74 Å². The molecule has 176 valence electrons. The van der Waals surface area contributed by atoms with Crippen molar-refractivity contribution in [3.63, 3.8) is 0 Å². The summed E-state index contributed by atoms with van der Waals surface area (Å²) in [6, 6.07) is 30.7. The van der Waals surface area contributed by atoms with Gasteiger partial charge in [0.05, 0.1) is 17.3 Å². The van der Waals surface area contributed by atoms with Crippen LogP contribution >= 0.6 is 11.3 Å². The quantitative estimate of drug-likeness (QED) is 0.242. The van der Waals surface area contributed by atoms with Gasteiger partial charge in [0, 0.05) is 19.6 Å². The number of nitrogens with zero attached hydrogens (tertiary/aromatic N) is 2. The van der Waals surface area contributed by atoms with Crippen molar-refractivity contribution in [1.82, 2.24) is 9.47 Å². The van der Waals surface area contributed by atoms with Crippen molar-refractivity contribution in [3.05, 3.63) is 124 Å². The Kier molecular flexibility index (Phi) is 6.68. The van der Waals surface area contributed by atoms with Crippen LogP contribution in [0, 0.1) is 6.92 Å². The number of methoxy groups -OCH3 is 1. The van der Waals surface area contributed by atoms with Crippen molar-refractivity contribution in [2.24, 2.45) is 0 Å². The molecule has 4 nitrogen and oxygen atoms in total. The Morgan fingerprint density at radius 3 is 2.37 bits per heavy atom. The van der Waals surface area contributed by atoms with Crippen LogP contribution in [0.5, 0.6) is 5.75 Å². The molecule has 0 saturated heterocycles. The highest BCUT2D eigenvalue weighted by molar-refractivity contribution is 7.17. The first-order chi connectivity index (χ1) is 17.1. The number of hydrogen-bond donors (Lipinski definition) is 0. The van der Waals surface area contributed by atoms with Crippen LogP contribution < -0.4 is 4.74 Å². The highest BCUT2D eigenvalue weighted by Crippen LogP contribution is 2.28. The molecule has 0 N–H and O–H groups in total. The second-order valence-electron chi connectivity index (χ2n) is 8.71. The minimum atomic E-state index is 0.0309. The van der Waals surface area contributed by atoms with Gasteiger partial charge >= 0.3 is 0 Å². The van der Waals surface area contributed by atoms with Crippen LogP contribution in [-0.2, 0) is 19.6 Å². The summed E-state index contributed by atoms with van der Waals surface area (Å²) >= 11 is 1.67. The Morgan fingerprint density at radius 2 is 1.63 bits per heavy atom. The van der Waals surface area contributed by atoms with Gasteiger partial charge in [-0.15, -0.1) is 11.3 Å². The molecule has 0 aliphatic carbocycles. The Balaban J connectivity index is 1.52. The van der Waals surface area contributed by atoms with Crippen molar-refractivity contribution in [3.8, 4) is 5.75 Å². The van der Waals surface area contributed by atoms with E-state index in [2.05, 4.69) is 47.2 Å². The van der Waals surface area contributed by atoms with Gasteiger partial charge in [-0.3, -0.25) is 4.79 Å². The zero-order chi connectivity index (χ0) is 24.2. The van der Waals surface area contributed by atoms with Crippen molar-refractivity contribution in [2.75, 3.05) is 7.11 Å². The number of benzene rings is 3. The second kappa shape index (κ2) is 10.2. The standard InChI is InChI=1S/C30H28N2O2S/c1-22-8-6-7-11-25(22)21-31(19-24-12-14-26(34-2)15-13-24)30(33)28-18-29-27(16-17-35-29)32(28)20-23-9-4-3-5-10-23/h3-18H,19-21H2,1-2H3. The lowest BCUT2D eigenvalue weighted by molar-refractivity contribution is 0.0719. The van der Waals surface area contributed by atoms with Crippen molar-refractivity contribution in [1.29, 1.82) is 0 Å². The summed E-state index contributed by atoms with van der Waals surface area (Å²) < 4.78 is 8.60. The Morgan fingerprint density at radius 1 is 0.886 bits per heavy atom. The van der Waals surface area contributed by atoms with Gasteiger partial charge in [-0.1, -0.05) is 66.7 Å². The average molecular weight is 481 g/mol. The summed E-state index contributed by atoms with van der Waals surface area (Å²) in [5, 5.41) is 2.09. The second-order valence-corrected chi connectivity index (χ2v) is 9.65. The van der Waals surface area contributed by atoms with Gasteiger partial charge in [0.2, 0.25) is 0 Å². The number of thiophene rings is 1. The minimum absolute atomic E-state index is 0.0309. The molecule has 0 fully saturated rings.